The van der Waals surface area contributed by atoms with E-state index in [2.05, 4.69) is 11.1 Å². The van der Waals surface area contributed by atoms with E-state index >= 15 is 0 Å². The number of hydrogen-bond donors (Lipinski definition) is 0. The van der Waals surface area contributed by atoms with Crippen molar-refractivity contribution in [2.45, 2.75) is 11.8 Å². The Hall–Kier alpha value is -1.47. The fourth-order valence-corrected chi connectivity index (χ4v) is 1.63. The molecule has 0 aromatic carbocycles. The second-order valence-electron chi connectivity index (χ2n) is 3.33. The Bertz CT molecular complexity index is 380. The van der Waals surface area contributed by atoms with Gasteiger partial charge in [-0.2, -0.15) is 5.26 Å². The van der Waals surface area contributed by atoms with E-state index in [1.807, 2.05) is 0 Å². The van der Waals surface area contributed by atoms with Crippen molar-refractivity contribution >= 4 is 0 Å². The number of pyridine rings is 1. The largest absolute Gasteiger partial charge is 0.379 e. The zero-order chi connectivity index (χ0) is 10.0. The minimum Gasteiger partial charge on any atom is -0.379 e. The van der Waals surface area contributed by atoms with Gasteiger partial charge >= 0.3 is 0 Å². The summed E-state index contributed by atoms with van der Waals surface area (Å²) in [5.41, 5.74) is -0.675. The fourth-order valence-electron chi connectivity index (χ4n) is 1.63. The maximum Gasteiger partial charge on any atom is 0.146 e. The monoisotopic (exact) mass is 192 g/mol. The van der Waals surface area contributed by atoms with Crippen molar-refractivity contribution in [1.82, 2.24) is 4.98 Å². The van der Waals surface area contributed by atoms with Gasteiger partial charge in [0.05, 0.1) is 18.4 Å². The molecule has 1 aromatic heterocycles. The maximum atomic E-state index is 13.4. The molecule has 3 nitrogen and oxygen atoms in total. The van der Waals surface area contributed by atoms with Crippen molar-refractivity contribution in [1.29, 1.82) is 5.26 Å². The van der Waals surface area contributed by atoms with E-state index in [1.54, 1.807) is 0 Å². The smallest absolute Gasteiger partial charge is 0.146 e. The molecule has 2 rings (SSSR count). The molecule has 0 amide bonds. The van der Waals surface area contributed by atoms with Crippen LogP contribution in [0.3, 0.4) is 0 Å². The van der Waals surface area contributed by atoms with Gasteiger partial charge in [0.25, 0.3) is 0 Å². The molecule has 1 aromatic rings. The van der Waals surface area contributed by atoms with Gasteiger partial charge in [-0.25, -0.2) is 4.39 Å². The van der Waals surface area contributed by atoms with Crippen LogP contribution < -0.4 is 0 Å². The van der Waals surface area contributed by atoms with Crippen LogP contribution in [0.15, 0.2) is 18.3 Å². The lowest BCUT2D eigenvalue weighted by atomic mass is 9.85. The highest BCUT2D eigenvalue weighted by molar-refractivity contribution is 5.29. The molecule has 0 N–H and O–H groups in total. The van der Waals surface area contributed by atoms with Gasteiger partial charge in [-0.05, 0) is 18.6 Å². The van der Waals surface area contributed by atoms with Gasteiger partial charge in [-0.1, -0.05) is 0 Å². The topological polar surface area (TPSA) is 45.9 Å². The normalized spacial score (nSPS) is 26.0. The first-order valence-electron chi connectivity index (χ1n) is 4.38. The zero-order valence-electron chi connectivity index (χ0n) is 7.53. The SMILES string of the molecule is N#CC1(c2ncccc2F)CCOC1. The second kappa shape index (κ2) is 3.35. The summed E-state index contributed by atoms with van der Waals surface area (Å²) in [6.07, 6.45) is 2.01. The molecule has 1 saturated heterocycles. The van der Waals surface area contributed by atoms with Gasteiger partial charge in [0.1, 0.15) is 11.2 Å². The Morgan fingerprint density at radius 1 is 1.64 bits per heavy atom. The summed E-state index contributed by atoms with van der Waals surface area (Å²) in [5.74, 6) is -0.431. The van der Waals surface area contributed by atoms with Crippen molar-refractivity contribution in [2.75, 3.05) is 13.2 Å². The Balaban J connectivity index is 2.47. The molecule has 0 radical (unpaired) electrons. The molecule has 14 heavy (non-hydrogen) atoms. The number of rotatable bonds is 1. The van der Waals surface area contributed by atoms with Gasteiger partial charge in [-0.3, -0.25) is 4.98 Å². The molecular weight excluding hydrogens is 183 g/mol. The number of ether oxygens (including phenoxy) is 1. The van der Waals surface area contributed by atoms with Gasteiger partial charge in [0.2, 0.25) is 0 Å². The summed E-state index contributed by atoms with van der Waals surface area (Å²) in [6.45, 7) is 0.723. The van der Waals surface area contributed by atoms with E-state index in [0.29, 0.717) is 13.0 Å². The standard InChI is InChI=1S/C10H9FN2O/c11-8-2-1-4-13-9(8)10(6-12)3-5-14-7-10/h1-2,4H,3,5,7H2. The summed E-state index contributed by atoms with van der Waals surface area (Å²) in [4.78, 5) is 3.93. The molecule has 0 saturated carbocycles. The third-order valence-corrected chi connectivity index (χ3v) is 2.45. The lowest BCUT2D eigenvalue weighted by molar-refractivity contribution is 0.185. The summed E-state index contributed by atoms with van der Waals surface area (Å²) in [7, 11) is 0. The second-order valence-corrected chi connectivity index (χ2v) is 3.33. The molecule has 2 heterocycles. The molecule has 1 unspecified atom stereocenters. The molecule has 1 aliphatic heterocycles. The van der Waals surface area contributed by atoms with Crippen LogP contribution in [0.4, 0.5) is 4.39 Å². The van der Waals surface area contributed by atoms with Crippen LogP contribution in [0.25, 0.3) is 0 Å². The summed E-state index contributed by atoms with van der Waals surface area (Å²) >= 11 is 0. The van der Waals surface area contributed by atoms with Crippen LogP contribution in [-0.2, 0) is 10.2 Å². The van der Waals surface area contributed by atoms with Crippen LogP contribution in [0, 0.1) is 17.1 Å². The van der Waals surface area contributed by atoms with Gasteiger partial charge in [0.15, 0.2) is 0 Å². The lowest BCUT2D eigenvalue weighted by Crippen LogP contribution is -2.27. The number of aromatic nitrogens is 1. The highest BCUT2D eigenvalue weighted by Crippen LogP contribution is 2.32. The van der Waals surface area contributed by atoms with Crippen LogP contribution >= 0.6 is 0 Å². The third-order valence-electron chi connectivity index (χ3n) is 2.45. The number of hydrogen-bond acceptors (Lipinski definition) is 3. The Kier molecular flexibility index (Phi) is 2.18. The highest BCUT2D eigenvalue weighted by Gasteiger charge is 2.40. The van der Waals surface area contributed by atoms with E-state index in [9.17, 15) is 4.39 Å². The molecular formula is C10H9FN2O. The van der Waals surface area contributed by atoms with Crippen LogP contribution in [0.1, 0.15) is 12.1 Å². The van der Waals surface area contributed by atoms with E-state index in [1.165, 1.54) is 18.3 Å². The highest BCUT2D eigenvalue weighted by atomic mass is 19.1. The molecule has 1 atom stereocenters. The van der Waals surface area contributed by atoms with Crippen LogP contribution in [0.2, 0.25) is 0 Å². The average Bonchev–Trinajstić information content (AvgIpc) is 2.68. The Labute approximate surface area is 81.1 Å². The first-order chi connectivity index (χ1) is 6.78. The molecule has 0 aliphatic carbocycles. The molecule has 0 spiro atoms. The molecule has 1 fully saturated rings. The van der Waals surface area contributed by atoms with Gasteiger partial charge in [-0.15, -0.1) is 0 Å². The van der Waals surface area contributed by atoms with Crippen molar-refractivity contribution in [3.8, 4) is 6.07 Å². The van der Waals surface area contributed by atoms with Crippen molar-refractivity contribution in [3.63, 3.8) is 0 Å². The lowest BCUT2D eigenvalue weighted by Gasteiger charge is -2.17. The number of halogens is 1. The van der Waals surface area contributed by atoms with Crippen LogP contribution in [0.5, 0.6) is 0 Å². The molecule has 1 aliphatic rings. The maximum absolute atomic E-state index is 13.4. The quantitative estimate of drug-likeness (QED) is 0.675. The van der Waals surface area contributed by atoms with Gasteiger partial charge in [0, 0.05) is 12.8 Å². The summed E-state index contributed by atoms with van der Waals surface area (Å²) in [6, 6.07) is 4.94. The predicted octanol–water partition coefficient (Wildman–Crippen LogP) is 1.40. The number of nitrogens with zero attached hydrogens (tertiary/aromatic N) is 2. The minimum absolute atomic E-state index is 0.208. The summed E-state index contributed by atoms with van der Waals surface area (Å²) in [5, 5.41) is 9.06. The molecule has 4 heteroatoms. The Morgan fingerprint density at radius 3 is 3.07 bits per heavy atom. The van der Waals surface area contributed by atoms with Gasteiger partial charge < -0.3 is 4.74 Å². The van der Waals surface area contributed by atoms with Crippen molar-refractivity contribution in [3.05, 3.63) is 29.8 Å². The van der Waals surface area contributed by atoms with E-state index < -0.39 is 11.2 Å². The fraction of sp³-hybridized carbons (Fsp3) is 0.400. The molecule has 0 bridgehead atoms. The van der Waals surface area contributed by atoms with Crippen molar-refractivity contribution in [2.24, 2.45) is 0 Å². The average molecular weight is 192 g/mol. The predicted molar refractivity (Wildman–Crippen MR) is 46.9 cm³/mol. The van der Waals surface area contributed by atoms with Crippen LogP contribution in [-0.4, -0.2) is 18.2 Å². The molecule has 72 valence electrons. The Morgan fingerprint density at radius 2 is 2.50 bits per heavy atom. The van der Waals surface area contributed by atoms with Crippen molar-refractivity contribution < 1.29 is 9.13 Å². The van der Waals surface area contributed by atoms with E-state index in [-0.39, 0.29) is 12.3 Å². The van der Waals surface area contributed by atoms with E-state index in [4.69, 9.17) is 10.00 Å². The summed E-state index contributed by atoms with van der Waals surface area (Å²) < 4.78 is 18.5. The minimum atomic E-state index is -0.884. The zero-order valence-corrected chi connectivity index (χ0v) is 7.53. The first kappa shape index (κ1) is 9.10. The van der Waals surface area contributed by atoms with E-state index in [0.717, 1.165) is 0 Å². The number of nitriles is 1. The first-order valence-corrected chi connectivity index (χ1v) is 4.38. The third kappa shape index (κ3) is 1.26.